The molecule has 4 aromatic carbocycles. The van der Waals surface area contributed by atoms with Crippen molar-refractivity contribution < 1.29 is 0 Å². The number of nitrogens with zero attached hydrogens (tertiary/aromatic N) is 3. The number of hydrogen-bond donors (Lipinski definition) is 0. The maximum absolute atomic E-state index is 9.51. The van der Waals surface area contributed by atoms with E-state index in [4.69, 9.17) is 0 Å². The van der Waals surface area contributed by atoms with Crippen LogP contribution in [0.4, 0.5) is 0 Å². The maximum Gasteiger partial charge on any atom is 0.101 e. The molecule has 0 unspecified atom stereocenters. The molecule has 138 valence electrons. The van der Waals surface area contributed by atoms with Crippen molar-refractivity contribution in [3.05, 3.63) is 90.0 Å². The molecule has 0 saturated carbocycles. The minimum Gasteiger partial charge on any atom is -0.309 e. The fraction of sp³-hybridized carbons (Fsp3) is 0. The molecule has 2 heterocycles. The van der Waals surface area contributed by atoms with Gasteiger partial charge in [-0.1, -0.05) is 36.4 Å². The van der Waals surface area contributed by atoms with Gasteiger partial charge in [0, 0.05) is 36.6 Å². The van der Waals surface area contributed by atoms with Gasteiger partial charge in [0.25, 0.3) is 0 Å². The molecule has 3 nitrogen and oxygen atoms in total. The molecule has 0 saturated heterocycles. The van der Waals surface area contributed by atoms with Crippen LogP contribution in [0.15, 0.2) is 78.9 Å². The lowest BCUT2D eigenvalue weighted by atomic mass is 10.1. The highest BCUT2D eigenvalue weighted by molar-refractivity contribution is 7.25. The third-order valence-electron chi connectivity index (χ3n) is 5.67. The van der Waals surface area contributed by atoms with Gasteiger partial charge in [0.05, 0.1) is 22.2 Å². The van der Waals surface area contributed by atoms with Crippen LogP contribution in [0.5, 0.6) is 0 Å². The van der Waals surface area contributed by atoms with Crippen LogP contribution in [0.2, 0.25) is 0 Å². The average Bonchev–Trinajstić information content (AvgIpc) is 3.32. The first kappa shape index (κ1) is 16.8. The number of fused-ring (bicyclic) bond motifs is 6. The molecular weight excluding hydrogens is 386 g/mol. The Morgan fingerprint density at radius 1 is 0.600 bits per heavy atom. The van der Waals surface area contributed by atoms with E-state index in [1.807, 2.05) is 12.1 Å². The van der Waals surface area contributed by atoms with Crippen molar-refractivity contribution in [2.75, 3.05) is 0 Å². The van der Waals surface area contributed by atoms with Crippen LogP contribution in [0, 0.1) is 22.7 Å². The Morgan fingerprint density at radius 2 is 1.37 bits per heavy atom. The molecule has 0 spiro atoms. The summed E-state index contributed by atoms with van der Waals surface area (Å²) >= 11 is 1.80. The molecule has 0 bridgehead atoms. The molecule has 2 aromatic heterocycles. The van der Waals surface area contributed by atoms with E-state index in [0.29, 0.717) is 11.1 Å². The molecule has 6 rings (SSSR count). The van der Waals surface area contributed by atoms with Gasteiger partial charge in [-0.3, -0.25) is 0 Å². The van der Waals surface area contributed by atoms with E-state index in [1.165, 1.54) is 30.9 Å². The summed E-state index contributed by atoms with van der Waals surface area (Å²) in [5.41, 5.74) is 3.86. The lowest BCUT2D eigenvalue weighted by molar-refractivity contribution is 1.18. The van der Waals surface area contributed by atoms with Gasteiger partial charge >= 0.3 is 0 Å². The van der Waals surface area contributed by atoms with Gasteiger partial charge < -0.3 is 4.57 Å². The Morgan fingerprint density at radius 3 is 2.20 bits per heavy atom. The molecule has 0 N–H and O–H groups in total. The topological polar surface area (TPSA) is 52.5 Å². The van der Waals surface area contributed by atoms with Crippen molar-refractivity contribution in [1.29, 1.82) is 10.5 Å². The minimum atomic E-state index is 0.392. The predicted octanol–water partition coefficient (Wildman–Crippen LogP) is 6.89. The van der Waals surface area contributed by atoms with Crippen LogP contribution >= 0.6 is 11.3 Å². The molecule has 0 radical (unpaired) electrons. The van der Waals surface area contributed by atoms with E-state index in [9.17, 15) is 10.5 Å². The molecule has 0 atom stereocenters. The summed E-state index contributed by atoms with van der Waals surface area (Å²) in [6.07, 6.45) is 0. The Balaban J connectivity index is 1.78. The van der Waals surface area contributed by atoms with Gasteiger partial charge in [-0.25, -0.2) is 0 Å². The van der Waals surface area contributed by atoms with Crippen molar-refractivity contribution in [2.24, 2.45) is 0 Å². The van der Waals surface area contributed by atoms with Crippen LogP contribution in [-0.4, -0.2) is 4.57 Å². The third-order valence-corrected chi connectivity index (χ3v) is 6.81. The summed E-state index contributed by atoms with van der Waals surface area (Å²) in [4.78, 5) is 0. The number of nitriles is 2. The molecule has 0 aliphatic rings. The molecule has 0 aliphatic heterocycles. The lowest BCUT2D eigenvalue weighted by Gasteiger charge is -2.09. The first-order valence-corrected chi connectivity index (χ1v) is 10.4. The number of para-hydroxylation sites is 1. The zero-order chi connectivity index (χ0) is 20.2. The number of aromatic nitrogens is 1. The van der Waals surface area contributed by atoms with Crippen LogP contribution in [0.3, 0.4) is 0 Å². The number of benzene rings is 4. The first-order valence-electron chi connectivity index (χ1n) is 9.57. The molecule has 30 heavy (non-hydrogen) atoms. The van der Waals surface area contributed by atoms with E-state index >= 15 is 0 Å². The highest BCUT2D eigenvalue weighted by Gasteiger charge is 2.16. The van der Waals surface area contributed by atoms with E-state index in [2.05, 4.69) is 71.3 Å². The Labute approximate surface area is 176 Å². The SMILES string of the molecule is N#Cc1ccc(-n2c3ccccc3c3cc4c(cc32)sc2ccccc24)cc1C#N. The highest BCUT2D eigenvalue weighted by atomic mass is 32.1. The Hall–Kier alpha value is -4.12. The van der Waals surface area contributed by atoms with E-state index in [1.54, 1.807) is 23.5 Å². The van der Waals surface area contributed by atoms with E-state index in [-0.39, 0.29) is 0 Å². The van der Waals surface area contributed by atoms with Gasteiger partial charge in [0.1, 0.15) is 12.1 Å². The zero-order valence-corrected chi connectivity index (χ0v) is 16.6. The number of thiophene rings is 1. The normalized spacial score (nSPS) is 11.3. The van der Waals surface area contributed by atoms with Gasteiger partial charge in [0.15, 0.2) is 0 Å². The smallest absolute Gasteiger partial charge is 0.101 e. The van der Waals surface area contributed by atoms with Crippen molar-refractivity contribution in [1.82, 2.24) is 4.57 Å². The molecule has 6 aromatic rings. The van der Waals surface area contributed by atoms with Crippen molar-refractivity contribution in [2.45, 2.75) is 0 Å². The highest BCUT2D eigenvalue weighted by Crippen LogP contribution is 2.40. The summed E-state index contributed by atoms with van der Waals surface area (Å²) in [6, 6.07) is 31.1. The monoisotopic (exact) mass is 399 g/mol. The number of hydrogen-bond acceptors (Lipinski definition) is 3. The van der Waals surface area contributed by atoms with Crippen LogP contribution < -0.4 is 0 Å². The number of rotatable bonds is 1. The van der Waals surface area contributed by atoms with Crippen LogP contribution in [-0.2, 0) is 0 Å². The Bertz CT molecular complexity index is 1720. The molecular formula is C26H13N3S. The molecule has 0 amide bonds. The summed E-state index contributed by atoms with van der Waals surface area (Å²) in [5.74, 6) is 0. The lowest BCUT2D eigenvalue weighted by Crippen LogP contribution is -1.96. The largest absolute Gasteiger partial charge is 0.309 e. The third kappa shape index (κ3) is 2.23. The fourth-order valence-corrected chi connectivity index (χ4v) is 5.45. The van der Waals surface area contributed by atoms with Gasteiger partial charge in [0.2, 0.25) is 0 Å². The second kappa shape index (κ2) is 6.19. The summed E-state index contributed by atoms with van der Waals surface area (Å²) in [6.45, 7) is 0. The van der Waals surface area contributed by atoms with E-state index in [0.717, 1.165) is 16.7 Å². The summed E-state index contributed by atoms with van der Waals surface area (Å²) < 4.78 is 4.71. The standard InChI is InChI=1S/C26H13N3S/c27-14-16-9-10-18(11-17(16)15-28)29-23-7-3-1-5-19(23)21-12-22-20-6-2-4-8-25(20)30-26(22)13-24(21)29/h1-13H. The van der Waals surface area contributed by atoms with Gasteiger partial charge in [-0.05, 0) is 42.5 Å². The first-order chi connectivity index (χ1) is 14.8. The second-order valence-electron chi connectivity index (χ2n) is 7.27. The van der Waals surface area contributed by atoms with Crippen molar-refractivity contribution in [3.8, 4) is 17.8 Å². The summed E-state index contributed by atoms with van der Waals surface area (Å²) in [5, 5.41) is 23.7. The van der Waals surface area contributed by atoms with Gasteiger partial charge in [-0.15, -0.1) is 11.3 Å². The van der Waals surface area contributed by atoms with E-state index < -0.39 is 0 Å². The van der Waals surface area contributed by atoms with Crippen molar-refractivity contribution in [3.63, 3.8) is 0 Å². The molecule has 4 heteroatoms. The maximum atomic E-state index is 9.51. The quantitative estimate of drug-likeness (QED) is 0.302. The minimum absolute atomic E-state index is 0.392. The van der Waals surface area contributed by atoms with Crippen LogP contribution in [0.1, 0.15) is 11.1 Å². The van der Waals surface area contributed by atoms with Crippen LogP contribution in [0.25, 0.3) is 47.7 Å². The predicted molar refractivity (Wildman–Crippen MR) is 123 cm³/mol. The van der Waals surface area contributed by atoms with Gasteiger partial charge in [-0.2, -0.15) is 10.5 Å². The fourth-order valence-electron chi connectivity index (χ4n) is 4.33. The Kier molecular flexibility index (Phi) is 3.47. The summed E-state index contributed by atoms with van der Waals surface area (Å²) in [7, 11) is 0. The second-order valence-corrected chi connectivity index (χ2v) is 8.35. The molecule has 0 aliphatic carbocycles. The zero-order valence-electron chi connectivity index (χ0n) is 15.8. The van der Waals surface area contributed by atoms with Crippen molar-refractivity contribution >= 4 is 53.3 Å². The molecule has 0 fully saturated rings. The average molecular weight is 399 g/mol.